The van der Waals surface area contributed by atoms with E-state index < -0.39 is 0 Å². The van der Waals surface area contributed by atoms with Crippen LogP contribution in [-0.2, 0) is 23.7 Å². The molecule has 0 bridgehead atoms. The first-order valence-electron chi connectivity index (χ1n) is 12.9. The van der Waals surface area contributed by atoms with Gasteiger partial charge in [-0.15, -0.1) is 0 Å². The predicted molar refractivity (Wildman–Crippen MR) is 145 cm³/mol. The van der Waals surface area contributed by atoms with Crippen LogP contribution in [0, 0.1) is 0 Å². The van der Waals surface area contributed by atoms with Crippen molar-refractivity contribution in [2.24, 2.45) is 0 Å². The van der Waals surface area contributed by atoms with E-state index in [1.54, 1.807) is 0 Å². The van der Waals surface area contributed by atoms with Gasteiger partial charge < -0.3 is 15.7 Å². The number of rotatable bonds is 10. The predicted octanol–water partition coefficient (Wildman–Crippen LogP) is 7.86. The van der Waals surface area contributed by atoms with Gasteiger partial charge in [-0.3, -0.25) is 0 Å². The Kier molecular flexibility index (Phi) is 10.0. The van der Waals surface area contributed by atoms with Gasteiger partial charge in [0, 0.05) is 12.2 Å². The molecule has 0 unspecified atom stereocenters. The number of hydrogen-bond acceptors (Lipinski definition) is 2. The molecule has 3 N–H and O–H groups in total. The van der Waals surface area contributed by atoms with Gasteiger partial charge in [0.05, 0.1) is 0 Å². The largest absolute Gasteiger partial charge is 0.507 e. The van der Waals surface area contributed by atoms with E-state index in [-0.39, 0.29) is 16.9 Å². The van der Waals surface area contributed by atoms with Crippen LogP contribution in [0.25, 0.3) is 0 Å². The molecule has 2 rings (SSSR count). The van der Waals surface area contributed by atoms with Gasteiger partial charge in [0.15, 0.2) is 0 Å². The summed E-state index contributed by atoms with van der Waals surface area (Å²) in [5.74, 6) is 0.414. The number of urea groups is 1. The lowest BCUT2D eigenvalue weighted by molar-refractivity contribution is 0.252. The summed E-state index contributed by atoms with van der Waals surface area (Å²) < 4.78 is 0. The molecule has 4 nitrogen and oxygen atoms in total. The van der Waals surface area contributed by atoms with Crippen LogP contribution in [-0.4, -0.2) is 17.7 Å². The second-order valence-corrected chi connectivity index (χ2v) is 11.5. The number of anilines is 1. The van der Waals surface area contributed by atoms with E-state index in [0.29, 0.717) is 12.3 Å². The number of benzene rings is 2. The van der Waals surface area contributed by atoms with Crippen molar-refractivity contribution in [2.45, 2.75) is 104 Å². The van der Waals surface area contributed by atoms with Crippen molar-refractivity contribution < 1.29 is 9.90 Å². The number of phenolic OH excluding ortho intramolecular Hbond substituents is 1. The Morgan fingerprint density at radius 1 is 0.853 bits per heavy atom. The van der Waals surface area contributed by atoms with Crippen molar-refractivity contribution in [3.05, 3.63) is 58.7 Å². The maximum Gasteiger partial charge on any atom is 0.319 e. The van der Waals surface area contributed by atoms with Crippen LogP contribution in [0.1, 0.15) is 103 Å². The lowest BCUT2D eigenvalue weighted by Gasteiger charge is -2.28. The van der Waals surface area contributed by atoms with Crippen LogP contribution in [0.2, 0.25) is 0 Å². The molecule has 2 amide bonds. The number of aryl methyl sites for hydroxylation is 2. The molecule has 0 heterocycles. The van der Waals surface area contributed by atoms with E-state index in [0.717, 1.165) is 48.1 Å². The zero-order valence-electron chi connectivity index (χ0n) is 22.5. The molecule has 0 aliphatic rings. The van der Waals surface area contributed by atoms with Gasteiger partial charge in [0.2, 0.25) is 0 Å². The average Bonchev–Trinajstić information content (AvgIpc) is 2.74. The quantitative estimate of drug-likeness (QED) is 0.312. The number of unbranched alkanes of at least 4 members (excludes halogenated alkanes) is 4. The van der Waals surface area contributed by atoms with Gasteiger partial charge in [-0.25, -0.2) is 4.79 Å². The SMILES string of the molecule is CCCCCCCNC(=O)Nc1ccccc1CCc1cc(C(C)(C)C)c(O)c(C(C)(C)C)c1. The van der Waals surface area contributed by atoms with Crippen molar-refractivity contribution in [2.75, 3.05) is 11.9 Å². The van der Waals surface area contributed by atoms with Gasteiger partial charge in [0.25, 0.3) is 0 Å². The Hall–Kier alpha value is -2.49. The van der Waals surface area contributed by atoms with Gasteiger partial charge >= 0.3 is 6.03 Å². The Morgan fingerprint density at radius 2 is 1.44 bits per heavy atom. The Balaban J connectivity index is 2.10. The minimum atomic E-state index is -0.145. The summed E-state index contributed by atoms with van der Waals surface area (Å²) in [6.45, 7) is 15.7. The smallest absolute Gasteiger partial charge is 0.319 e. The van der Waals surface area contributed by atoms with Crippen molar-refractivity contribution >= 4 is 11.7 Å². The van der Waals surface area contributed by atoms with E-state index in [1.165, 1.54) is 24.8 Å². The molecule has 2 aromatic rings. The first-order valence-corrected chi connectivity index (χ1v) is 12.9. The third-order valence-corrected chi connectivity index (χ3v) is 6.30. The summed E-state index contributed by atoms with van der Waals surface area (Å²) >= 11 is 0. The molecule has 0 saturated heterocycles. The fraction of sp³-hybridized carbons (Fsp3) is 0.567. The molecule has 0 radical (unpaired) electrons. The summed E-state index contributed by atoms with van der Waals surface area (Å²) in [4.78, 5) is 12.4. The lowest BCUT2D eigenvalue weighted by Crippen LogP contribution is -2.29. The monoisotopic (exact) mass is 466 g/mol. The second kappa shape index (κ2) is 12.3. The summed E-state index contributed by atoms with van der Waals surface area (Å²) in [5.41, 5.74) is 4.86. The van der Waals surface area contributed by atoms with Crippen LogP contribution < -0.4 is 10.6 Å². The molecule has 0 atom stereocenters. The fourth-order valence-corrected chi connectivity index (χ4v) is 4.22. The van der Waals surface area contributed by atoms with Crippen molar-refractivity contribution in [1.82, 2.24) is 5.32 Å². The minimum absolute atomic E-state index is 0.141. The molecule has 0 aliphatic heterocycles. The van der Waals surface area contributed by atoms with Gasteiger partial charge in [-0.2, -0.15) is 0 Å². The highest BCUT2D eigenvalue weighted by Gasteiger charge is 2.26. The van der Waals surface area contributed by atoms with E-state index in [9.17, 15) is 9.90 Å². The Bertz CT molecular complexity index is 901. The van der Waals surface area contributed by atoms with Crippen LogP contribution in [0.3, 0.4) is 0 Å². The fourth-order valence-electron chi connectivity index (χ4n) is 4.22. The number of hydrogen-bond donors (Lipinski definition) is 3. The highest BCUT2D eigenvalue weighted by atomic mass is 16.3. The van der Waals surface area contributed by atoms with Crippen molar-refractivity contribution in [3.8, 4) is 5.75 Å². The number of aromatic hydroxyl groups is 1. The molecule has 0 spiro atoms. The van der Waals surface area contributed by atoms with E-state index in [2.05, 4.69) is 77.3 Å². The number of phenols is 1. The van der Waals surface area contributed by atoms with Crippen molar-refractivity contribution in [1.29, 1.82) is 0 Å². The van der Waals surface area contributed by atoms with Crippen molar-refractivity contribution in [3.63, 3.8) is 0 Å². The topological polar surface area (TPSA) is 61.4 Å². The highest BCUT2D eigenvalue weighted by molar-refractivity contribution is 5.90. The van der Waals surface area contributed by atoms with Crippen LogP contribution >= 0.6 is 0 Å². The van der Waals surface area contributed by atoms with Crippen LogP contribution in [0.4, 0.5) is 10.5 Å². The van der Waals surface area contributed by atoms with Crippen LogP contribution in [0.15, 0.2) is 36.4 Å². The molecule has 0 saturated carbocycles. The maximum absolute atomic E-state index is 12.4. The maximum atomic E-state index is 12.4. The van der Waals surface area contributed by atoms with E-state index in [1.807, 2.05) is 18.2 Å². The molecule has 34 heavy (non-hydrogen) atoms. The number of carbonyl (C=O) groups is 1. The van der Waals surface area contributed by atoms with E-state index in [4.69, 9.17) is 0 Å². The average molecular weight is 467 g/mol. The molecule has 2 aromatic carbocycles. The molecule has 188 valence electrons. The lowest BCUT2D eigenvalue weighted by atomic mass is 9.78. The Labute approximate surface area is 207 Å². The third kappa shape index (κ3) is 8.38. The first kappa shape index (κ1) is 27.8. The minimum Gasteiger partial charge on any atom is -0.507 e. The highest BCUT2D eigenvalue weighted by Crippen LogP contribution is 2.40. The van der Waals surface area contributed by atoms with Gasteiger partial charge in [-0.05, 0) is 58.4 Å². The molecular formula is C30H46N2O2. The summed E-state index contributed by atoms with van der Waals surface area (Å²) in [6, 6.07) is 12.2. The normalized spacial score (nSPS) is 12.0. The molecule has 4 heteroatoms. The summed E-state index contributed by atoms with van der Waals surface area (Å²) in [6.07, 6.45) is 7.54. The number of amides is 2. The number of carbonyl (C=O) groups excluding carboxylic acids is 1. The van der Waals surface area contributed by atoms with Crippen LogP contribution in [0.5, 0.6) is 5.75 Å². The molecule has 0 aliphatic carbocycles. The third-order valence-electron chi connectivity index (χ3n) is 6.30. The second-order valence-electron chi connectivity index (χ2n) is 11.5. The van der Waals surface area contributed by atoms with E-state index >= 15 is 0 Å². The molecule has 0 aromatic heterocycles. The first-order chi connectivity index (χ1) is 15.9. The van der Waals surface area contributed by atoms with Gasteiger partial charge in [0.1, 0.15) is 5.75 Å². The molecule has 0 fully saturated rings. The molecular weight excluding hydrogens is 420 g/mol. The zero-order chi connectivity index (χ0) is 25.4. The summed E-state index contributed by atoms with van der Waals surface area (Å²) in [7, 11) is 0. The standard InChI is InChI=1S/C30H46N2O2/c1-8-9-10-11-14-19-31-28(34)32-26-16-13-12-15-23(26)18-17-22-20-24(29(2,3)4)27(33)25(21-22)30(5,6)7/h12-13,15-16,20-21,33H,8-11,14,17-19H2,1-7H3,(H2,31,32,34). The van der Waals surface area contributed by atoms with Gasteiger partial charge in [-0.1, -0.05) is 104 Å². The number of para-hydroxylation sites is 1. The summed E-state index contributed by atoms with van der Waals surface area (Å²) in [5, 5.41) is 17.0. The number of nitrogens with one attached hydrogen (secondary N) is 2. The Morgan fingerprint density at radius 3 is 2.03 bits per heavy atom. The zero-order valence-corrected chi connectivity index (χ0v) is 22.5.